The van der Waals surface area contributed by atoms with Gasteiger partial charge in [-0.25, -0.2) is 0 Å². The molecule has 1 aliphatic rings. The fraction of sp³-hybridized carbons (Fsp3) is 0.938. The summed E-state index contributed by atoms with van der Waals surface area (Å²) in [5.74, 6) is 0.259. The van der Waals surface area contributed by atoms with E-state index in [2.05, 4.69) is 0 Å². The van der Waals surface area contributed by atoms with Gasteiger partial charge in [-0.3, -0.25) is 9.36 Å². The molecule has 3 atom stereocenters. The molecular weight excluding hydrogens is 301 g/mol. The number of carbonyl (C=O) groups excluding carboxylic acids is 1. The molecule has 0 radical (unpaired) electrons. The molecule has 0 aromatic rings. The molecule has 1 fully saturated rings. The van der Waals surface area contributed by atoms with E-state index >= 15 is 0 Å². The van der Waals surface area contributed by atoms with Crippen LogP contribution in [0.5, 0.6) is 0 Å². The maximum Gasteiger partial charge on any atom is 0.309 e. The van der Waals surface area contributed by atoms with E-state index in [1.165, 1.54) is 39.2 Å². The van der Waals surface area contributed by atoms with Crippen molar-refractivity contribution in [3.8, 4) is 0 Å². The van der Waals surface area contributed by atoms with E-state index in [0.717, 1.165) is 6.42 Å². The van der Waals surface area contributed by atoms with Crippen molar-refractivity contribution in [3.63, 3.8) is 0 Å². The molecule has 3 unspecified atom stereocenters. The minimum absolute atomic E-state index is 0.230. The highest BCUT2D eigenvalue weighted by molar-refractivity contribution is 7.39. The van der Waals surface area contributed by atoms with E-state index in [4.69, 9.17) is 15.0 Å². The fourth-order valence-electron chi connectivity index (χ4n) is 3.22. The molecule has 0 spiro atoms. The van der Waals surface area contributed by atoms with Gasteiger partial charge in [-0.15, -0.1) is 0 Å². The smallest absolute Gasteiger partial charge is 0.309 e. The zero-order chi connectivity index (χ0) is 16.5. The molecule has 0 amide bonds. The predicted octanol–water partition coefficient (Wildman–Crippen LogP) is 3.57. The highest BCUT2D eigenvalue weighted by atomic mass is 31.1. The van der Waals surface area contributed by atoms with Crippen LogP contribution in [0, 0.1) is 17.8 Å². The van der Waals surface area contributed by atoms with Crippen molar-refractivity contribution < 1.29 is 18.6 Å². The van der Waals surface area contributed by atoms with Gasteiger partial charge in [0.25, 0.3) is 0 Å². The van der Waals surface area contributed by atoms with Gasteiger partial charge in [-0.2, -0.15) is 0 Å². The first-order valence-corrected chi connectivity index (χ1v) is 9.97. The summed E-state index contributed by atoms with van der Waals surface area (Å²) >= 11 is 0. The van der Waals surface area contributed by atoms with E-state index in [1.54, 1.807) is 0 Å². The number of hydrogen-bond acceptors (Lipinski definition) is 5. The molecule has 0 heterocycles. The minimum atomic E-state index is -2.31. The largest absolute Gasteiger partial charge is 0.469 e. The van der Waals surface area contributed by atoms with E-state index in [-0.39, 0.29) is 18.0 Å². The molecule has 6 heteroatoms. The van der Waals surface area contributed by atoms with E-state index in [1.807, 2.05) is 13.8 Å². The van der Waals surface area contributed by atoms with Crippen molar-refractivity contribution in [1.82, 2.24) is 0 Å². The summed E-state index contributed by atoms with van der Waals surface area (Å²) in [7, 11) is -0.949. The Kier molecular flexibility index (Phi) is 9.30. The molecule has 22 heavy (non-hydrogen) atoms. The number of ether oxygens (including phenoxy) is 1. The van der Waals surface area contributed by atoms with Crippen molar-refractivity contribution in [2.45, 2.75) is 65.0 Å². The van der Waals surface area contributed by atoms with Gasteiger partial charge in [0.2, 0.25) is 0 Å². The molecule has 0 aliphatic heterocycles. The Morgan fingerprint density at radius 3 is 2.45 bits per heavy atom. The number of rotatable bonds is 9. The van der Waals surface area contributed by atoms with Crippen LogP contribution in [-0.2, 0) is 18.6 Å². The van der Waals surface area contributed by atoms with Crippen LogP contribution in [0.2, 0.25) is 0 Å². The summed E-state index contributed by atoms with van der Waals surface area (Å²) in [6, 6.07) is 0. The van der Waals surface area contributed by atoms with Gasteiger partial charge in [0.1, 0.15) is 6.23 Å². The Morgan fingerprint density at radius 1 is 1.27 bits per heavy atom. The SMILES string of the molecule is COC(=O)C(CC(C)C)C[PH](=O)OC(N)CC1CCCCC1. The zero-order valence-corrected chi connectivity index (χ0v) is 15.2. The standard InChI is InChI=1S/C16H32NO4P/c1-12(2)9-14(16(18)20-3)11-22(19)21-15(17)10-13-7-5-4-6-8-13/h12-15,22H,4-11,17H2,1-3H3. The van der Waals surface area contributed by atoms with Gasteiger partial charge >= 0.3 is 5.97 Å². The van der Waals surface area contributed by atoms with Crippen LogP contribution in [0.25, 0.3) is 0 Å². The summed E-state index contributed by atoms with van der Waals surface area (Å²) < 4.78 is 22.5. The van der Waals surface area contributed by atoms with Crippen LogP contribution >= 0.6 is 8.03 Å². The Balaban J connectivity index is 2.39. The van der Waals surface area contributed by atoms with Crippen molar-refractivity contribution in [3.05, 3.63) is 0 Å². The lowest BCUT2D eigenvalue weighted by Crippen LogP contribution is -2.27. The van der Waals surface area contributed by atoms with Crippen LogP contribution in [0.3, 0.4) is 0 Å². The number of esters is 1. The second-order valence-electron chi connectivity index (χ2n) is 6.82. The van der Waals surface area contributed by atoms with E-state index < -0.39 is 14.3 Å². The molecule has 1 rings (SSSR count). The summed E-state index contributed by atoms with van der Waals surface area (Å²) in [5, 5.41) is 0. The zero-order valence-electron chi connectivity index (χ0n) is 14.2. The number of methoxy groups -OCH3 is 1. The molecule has 2 N–H and O–H groups in total. The number of nitrogens with two attached hydrogens (primary N) is 1. The molecule has 0 saturated heterocycles. The maximum absolute atomic E-state index is 12.2. The fourth-order valence-corrected chi connectivity index (χ4v) is 4.48. The van der Waals surface area contributed by atoms with Crippen LogP contribution in [-0.4, -0.2) is 25.5 Å². The lowest BCUT2D eigenvalue weighted by atomic mass is 9.87. The first kappa shape index (κ1) is 19.7. The third-order valence-electron chi connectivity index (χ3n) is 4.28. The predicted molar refractivity (Wildman–Crippen MR) is 89.1 cm³/mol. The quantitative estimate of drug-likeness (QED) is 0.396. The summed E-state index contributed by atoms with van der Waals surface area (Å²) in [4.78, 5) is 11.8. The summed E-state index contributed by atoms with van der Waals surface area (Å²) in [5.41, 5.74) is 5.98. The Labute approximate surface area is 135 Å². The van der Waals surface area contributed by atoms with Crippen LogP contribution in [0.4, 0.5) is 0 Å². The highest BCUT2D eigenvalue weighted by Gasteiger charge is 2.25. The maximum atomic E-state index is 12.2. The Morgan fingerprint density at radius 2 is 1.91 bits per heavy atom. The minimum Gasteiger partial charge on any atom is -0.469 e. The summed E-state index contributed by atoms with van der Waals surface area (Å²) in [6.07, 6.45) is 7.37. The normalized spacial score (nSPS) is 20.6. The van der Waals surface area contributed by atoms with Crippen molar-refractivity contribution in [1.29, 1.82) is 0 Å². The van der Waals surface area contributed by atoms with Crippen LogP contribution < -0.4 is 5.73 Å². The van der Waals surface area contributed by atoms with Gasteiger partial charge in [-0.1, -0.05) is 46.0 Å². The van der Waals surface area contributed by atoms with E-state index in [9.17, 15) is 9.36 Å². The monoisotopic (exact) mass is 333 g/mol. The topological polar surface area (TPSA) is 78.6 Å². The Hall–Kier alpha value is -0.380. The summed E-state index contributed by atoms with van der Waals surface area (Å²) in [6.45, 7) is 4.06. The average molecular weight is 333 g/mol. The molecule has 5 nitrogen and oxygen atoms in total. The molecule has 0 aromatic carbocycles. The third-order valence-corrected chi connectivity index (χ3v) is 5.67. The average Bonchev–Trinajstić information content (AvgIpc) is 2.46. The molecule has 1 aliphatic carbocycles. The van der Waals surface area contributed by atoms with Crippen LogP contribution in [0.15, 0.2) is 0 Å². The molecule has 1 saturated carbocycles. The third kappa shape index (κ3) is 7.75. The van der Waals surface area contributed by atoms with Crippen molar-refractivity contribution in [2.75, 3.05) is 13.3 Å². The lowest BCUT2D eigenvalue weighted by molar-refractivity contribution is -0.145. The second kappa shape index (κ2) is 10.4. The van der Waals surface area contributed by atoms with Crippen molar-refractivity contribution >= 4 is 14.0 Å². The first-order chi connectivity index (χ1) is 10.4. The van der Waals surface area contributed by atoms with Crippen LogP contribution in [0.1, 0.15) is 58.8 Å². The van der Waals surface area contributed by atoms with Gasteiger partial charge in [-0.05, 0) is 24.7 Å². The van der Waals surface area contributed by atoms with Gasteiger partial charge in [0.05, 0.1) is 13.0 Å². The molecule has 0 aromatic heterocycles. The second-order valence-corrected chi connectivity index (χ2v) is 8.21. The highest BCUT2D eigenvalue weighted by Crippen LogP contribution is 2.33. The Bertz CT molecular complexity index is 356. The van der Waals surface area contributed by atoms with Gasteiger partial charge in [0.15, 0.2) is 8.03 Å². The lowest BCUT2D eigenvalue weighted by Gasteiger charge is -2.25. The molecule has 130 valence electrons. The van der Waals surface area contributed by atoms with Gasteiger partial charge < -0.3 is 15.0 Å². The number of carbonyl (C=O) groups is 1. The number of hydrogen-bond donors (Lipinski definition) is 1. The van der Waals surface area contributed by atoms with Gasteiger partial charge in [0, 0.05) is 6.16 Å². The van der Waals surface area contributed by atoms with E-state index in [0.29, 0.717) is 18.3 Å². The van der Waals surface area contributed by atoms with Crippen molar-refractivity contribution in [2.24, 2.45) is 23.5 Å². The first-order valence-electron chi connectivity index (χ1n) is 8.45. The molecular formula is C16H32NO4P. The molecule has 0 bridgehead atoms.